The van der Waals surface area contributed by atoms with E-state index in [0.717, 1.165) is 16.8 Å². The van der Waals surface area contributed by atoms with Crippen LogP contribution in [0.3, 0.4) is 0 Å². The van der Waals surface area contributed by atoms with Crippen LogP contribution < -0.4 is 5.32 Å². The first kappa shape index (κ1) is 28.0. The molecule has 2 aromatic carbocycles. The number of rotatable bonds is 8. The van der Waals surface area contributed by atoms with Crippen molar-refractivity contribution in [3.05, 3.63) is 75.8 Å². The topological polar surface area (TPSA) is 81.7 Å². The maximum Gasteiger partial charge on any atom is 0.313 e. The zero-order valence-electron chi connectivity index (χ0n) is 20.0. The minimum absolute atomic E-state index is 0.0473. The van der Waals surface area contributed by atoms with E-state index in [1.165, 1.54) is 36.3 Å². The van der Waals surface area contributed by atoms with E-state index in [9.17, 15) is 22.9 Å². The molecule has 1 aromatic heterocycles. The Kier molecular flexibility index (Phi) is 8.72. The van der Waals surface area contributed by atoms with Crippen LogP contribution in [0.25, 0.3) is 16.2 Å². The van der Waals surface area contributed by atoms with Gasteiger partial charge in [0.05, 0.1) is 5.41 Å². The summed E-state index contributed by atoms with van der Waals surface area (Å²) in [5, 5.41) is 5.25. The van der Waals surface area contributed by atoms with Crippen LogP contribution in [-0.4, -0.2) is 25.3 Å². The van der Waals surface area contributed by atoms with Crippen molar-refractivity contribution in [2.45, 2.75) is 26.4 Å². The van der Waals surface area contributed by atoms with Crippen LogP contribution in [0.1, 0.15) is 37.6 Å². The number of amides is 1. The number of thiophene rings is 1. The predicted octanol–water partition coefficient (Wildman–Crippen LogP) is 7.13. The minimum atomic E-state index is -3.79. The number of hydrogen-bond donors (Lipinski definition) is 1. The Morgan fingerprint density at radius 1 is 1.19 bits per heavy atom. The number of carbonyl (C=O) groups is 2. The van der Waals surface area contributed by atoms with Crippen molar-refractivity contribution in [1.82, 2.24) is 5.32 Å². The number of ether oxygens (including phenoxy) is 1. The Bertz CT molecular complexity index is 1370. The average Bonchev–Trinajstić information content (AvgIpc) is 3.16. The zero-order valence-corrected chi connectivity index (χ0v) is 22.5. The molecule has 192 valence electrons. The molecule has 0 aliphatic carbocycles. The molecular weight excluding hydrogens is 531 g/mol. The Morgan fingerprint density at radius 3 is 2.58 bits per heavy atom. The monoisotopic (exact) mass is 555 g/mol. The van der Waals surface area contributed by atoms with Crippen molar-refractivity contribution >= 4 is 58.3 Å². The maximum atomic E-state index is 13.9. The van der Waals surface area contributed by atoms with Gasteiger partial charge in [-0.15, -0.1) is 11.3 Å². The first-order chi connectivity index (χ1) is 16.8. The Hall–Kier alpha value is -2.58. The molecule has 3 rings (SSSR count). The van der Waals surface area contributed by atoms with Gasteiger partial charge >= 0.3 is 5.97 Å². The molecule has 3 aromatic rings. The Labute approximate surface area is 216 Å². The van der Waals surface area contributed by atoms with E-state index in [2.05, 4.69) is 5.32 Å². The van der Waals surface area contributed by atoms with Crippen LogP contribution in [0.5, 0.6) is 0 Å². The quantitative estimate of drug-likeness (QED) is 0.182. The van der Waals surface area contributed by atoms with Crippen molar-refractivity contribution in [3.63, 3.8) is 0 Å². The van der Waals surface area contributed by atoms with Gasteiger partial charge in [0, 0.05) is 34.2 Å². The van der Waals surface area contributed by atoms with Gasteiger partial charge in [-0.25, -0.2) is 8.78 Å². The molecule has 1 amide bonds. The van der Waals surface area contributed by atoms with E-state index in [0.29, 0.717) is 16.0 Å². The summed E-state index contributed by atoms with van der Waals surface area (Å²) in [6.07, 6.45) is 2.42. The molecule has 0 aliphatic heterocycles. The van der Waals surface area contributed by atoms with Gasteiger partial charge in [0.15, 0.2) is 6.79 Å². The highest BCUT2D eigenvalue weighted by Crippen LogP contribution is 2.59. The van der Waals surface area contributed by atoms with Gasteiger partial charge in [0.1, 0.15) is 17.3 Å². The molecule has 2 unspecified atom stereocenters. The number of hydrogen-bond acceptors (Lipinski definition) is 6. The first-order valence-electron chi connectivity index (χ1n) is 10.8. The van der Waals surface area contributed by atoms with E-state index in [1.54, 1.807) is 44.4 Å². The molecule has 2 atom stereocenters. The van der Waals surface area contributed by atoms with Gasteiger partial charge in [-0.1, -0.05) is 11.6 Å². The van der Waals surface area contributed by atoms with Crippen LogP contribution in [0, 0.1) is 17.0 Å². The van der Waals surface area contributed by atoms with Gasteiger partial charge in [-0.3, -0.25) is 18.7 Å². The number of esters is 1. The molecule has 0 radical (unpaired) electrons. The number of nitrogens with one attached hydrogen (secondary N) is 1. The van der Waals surface area contributed by atoms with Crippen molar-refractivity contribution in [2.75, 3.05) is 13.5 Å². The minimum Gasteiger partial charge on any atom is -0.438 e. The zero-order chi connectivity index (χ0) is 26.7. The molecule has 1 N–H and O–H groups in total. The molecule has 1 heterocycles. The Balaban J connectivity index is 1.90. The summed E-state index contributed by atoms with van der Waals surface area (Å²) in [5.41, 5.74) is -1.62. The number of fused-ring (bicyclic) bond motifs is 1. The summed E-state index contributed by atoms with van der Waals surface area (Å²) in [6, 6.07) is 8.17. The second-order valence-electron chi connectivity index (χ2n) is 9.08. The van der Waals surface area contributed by atoms with E-state index < -0.39 is 48.7 Å². The number of carbonyl (C=O) groups excluding carboxylic acids is 2. The second kappa shape index (κ2) is 11.2. The van der Waals surface area contributed by atoms with E-state index in [1.807, 2.05) is 0 Å². The first-order valence-corrected chi connectivity index (χ1v) is 14.2. The third-order valence-electron chi connectivity index (χ3n) is 5.14. The third kappa shape index (κ3) is 6.79. The van der Waals surface area contributed by atoms with E-state index in [-0.39, 0.29) is 5.56 Å². The van der Waals surface area contributed by atoms with Gasteiger partial charge < -0.3 is 10.1 Å². The lowest BCUT2D eigenvalue weighted by molar-refractivity contribution is -0.159. The summed E-state index contributed by atoms with van der Waals surface area (Å²) in [7, 11) is -3.79. The predicted molar refractivity (Wildman–Crippen MR) is 138 cm³/mol. The molecule has 0 spiro atoms. The third-order valence-corrected chi connectivity index (χ3v) is 8.43. The molecule has 0 saturated heterocycles. The summed E-state index contributed by atoms with van der Waals surface area (Å²) < 4.78 is 52.2. The van der Waals surface area contributed by atoms with E-state index in [4.69, 9.17) is 20.9 Å². The van der Waals surface area contributed by atoms with Crippen molar-refractivity contribution in [2.24, 2.45) is 5.41 Å². The highest BCUT2D eigenvalue weighted by molar-refractivity contribution is 7.59. The summed E-state index contributed by atoms with van der Waals surface area (Å²) in [5.74, 6) is -2.78. The number of halogens is 3. The van der Waals surface area contributed by atoms with Crippen LogP contribution >= 0.6 is 30.3 Å². The van der Waals surface area contributed by atoms with Crippen molar-refractivity contribution in [3.8, 4) is 0 Å². The molecular formula is C25H25ClF2NO5PS. The molecule has 0 saturated carbocycles. The smallest absolute Gasteiger partial charge is 0.313 e. The lowest BCUT2D eigenvalue weighted by atomic mass is 9.98. The SMILES string of the molecule is CC(C)(C)C(=O)OCOP(C)(=O)C(C(=O)NC=Cc1ccc(F)cc1F)c1csc2ccc(Cl)cc12. The van der Waals surface area contributed by atoms with Crippen LogP contribution in [-0.2, 0) is 23.4 Å². The maximum absolute atomic E-state index is 13.9. The van der Waals surface area contributed by atoms with Crippen LogP contribution in [0.15, 0.2) is 48.0 Å². The number of benzene rings is 2. The molecule has 36 heavy (non-hydrogen) atoms. The molecule has 0 aliphatic rings. The standard InChI is InChI=1S/C25H25ClF2NO5PS/c1-25(2,3)24(31)33-14-34-35(4,32)22(19-13-36-21-8-6-16(26)11-18(19)21)23(30)29-10-9-15-5-7-17(27)12-20(15)28/h5-13,22H,14H2,1-4H3,(H,29,30). The van der Waals surface area contributed by atoms with Gasteiger partial charge in [0.2, 0.25) is 13.3 Å². The summed E-state index contributed by atoms with van der Waals surface area (Å²) in [4.78, 5) is 25.4. The summed E-state index contributed by atoms with van der Waals surface area (Å²) in [6.45, 7) is 5.66. The molecule has 6 nitrogen and oxygen atoms in total. The highest BCUT2D eigenvalue weighted by Gasteiger charge is 2.39. The largest absolute Gasteiger partial charge is 0.438 e. The normalized spacial score (nSPS) is 14.5. The lowest BCUT2D eigenvalue weighted by Gasteiger charge is -2.24. The Morgan fingerprint density at radius 2 is 1.92 bits per heavy atom. The highest BCUT2D eigenvalue weighted by atomic mass is 35.5. The average molecular weight is 556 g/mol. The summed E-state index contributed by atoms with van der Waals surface area (Å²) >= 11 is 7.49. The van der Waals surface area contributed by atoms with Crippen LogP contribution in [0.4, 0.5) is 8.78 Å². The van der Waals surface area contributed by atoms with Gasteiger partial charge in [-0.05, 0) is 73.5 Å². The lowest BCUT2D eigenvalue weighted by Crippen LogP contribution is -2.27. The second-order valence-corrected chi connectivity index (χ2v) is 13.0. The molecule has 11 heteroatoms. The van der Waals surface area contributed by atoms with E-state index >= 15 is 0 Å². The van der Waals surface area contributed by atoms with Crippen molar-refractivity contribution in [1.29, 1.82) is 0 Å². The molecule has 0 fully saturated rings. The fraction of sp³-hybridized carbons (Fsp3) is 0.280. The fourth-order valence-electron chi connectivity index (χ4n) is 3.24. The fourth-order valence-corrected chi connectivity index (χ4v) is 6.12. The van der Waals surface area contributed by atoms with Gasteiger partial charge in [-0.2, -0.15) is 0 Å². The molecule has 0 bridgehead atoms. The van der Waals surface area contributed by atoms with Gasteiger partial charge in [0.25, 0.3) is 0 Å². The van der Waals surface area contributed by atoms with Crippen LogP contribution in [0.2, 0.25) is 5.02 Å². The van der Waals surface area contributed by atoms with Crippen molar-refractivity contribution < 1.29 is 32.2 Å².